The van der Waals surface area contributed by atoms with E-state index in [1.54, 1.807) is 25.1 Å². The second kappa shape index (κ2) is 10.3. The molecule has 3 amide bonds. The lowest BCUT2D eigenvalue weighted by atomic mass is 10.1. The van der Waals surface area contributed by atoms with Gasteiger partial charge in [0.2, 0.25) is 0 Å². The van der Waals surface area contributed by atoms with Gasteiger partial charge in [0.25, 0.3) is 11.8 Å². The summed E-state index contributed by atoms with van der Waals surface area (Å²) < 4.78 is 5.69. The van der Waals surface area contributed by atoms with Gasteiger partial charge >= 0.3 is 6.09 Å². The molecule has 3 N–H and O–H groups in total. The number of aryl methyl sites for hydroxylation is 1. The van der Waals surface area contributed by atoms with Crippen molar-refractivity contribution in [3.63, 3.8) is 0 Å². The van der Waals surface area contributed by atoms with E-state index in [1.807, 2.05) is 0 Å². The average molecular weight is 531 g/mol. The Labute approximate surface area is 207 Å². The monoisotopic (exact) mass is 529 g/mol. The Kier molecular flexibility index (Phi) is 7.70. The van der Waals surface area contributed by atoms with Crippen molar-refractivity contribution >= 4 is 70.0 Å². The molecule has 33 heavy (non-hydrogen) atoms. The molecule has 9 nitrogen and oxygen atoms in total. The Morgan fingerprint density at radius 2 is 1.73 bits per heavy atom. The number of carbonyl (C=O) groups excluding carboxylic acids is 3. The van der Waals surface area contributed by atoms with Gasteiger partial charge in [0.1, 0.15) is 10.8 Å². The zero-order chi connectivity index (χ0) is 24.3. The molecule has 2 heterocycles. The summed E-state index contributed by atoms with van der Waals surface area (Å²) in [6.07, 6.45) is 0.592. The van der Waals surface area contributed by atoms with Crippen LogP contribution in [0.3, 0.4) is 0 Å². The van der Waals surface area contributed by atoms with Gasteiger partial charge in [-0.15, -0.1) is 0 Å². The van der Waals surface area contributed by atoms with E-state index in [-0.39, 0.29) is 43.0 Å². The lowest BCUT2D eigenvalue weighted by molar-refractivity contribution is 0.0921. The van der Waals surface area contributed by atoms with Gasteiger partial charge in [-0.3, -0.25) is 19.6 Å². The topological polar surface area (TPSA) is 114 Å². The normalized spacial score (nSPS) is 10.5. The van der Waals surface area contributed by atoms with Crippen LogP contribution < -0.4 is 16.2 Å². The van der Waals surface area contributed by atoms with Gasteiger partial charge in [-0.25, -0.2) is 15.2 Å². The van der Waals surface area contributed by atoms with Gasteiger partial charge in [-0.1, -0.05) is 46.4 Å². The van der Waals surface area contributed by atoms with Gasteiger partial charge in [0, 0.05) is 11.2 Å². The van der Waals surface area contributed by atoms with E-state index < -0.39 is 17.9 Å². The SMILES string of the molecule is COC(=O)NNC(=O)c1cc(Cl)cc(C)c1NC(=O)c1cc(Cl)c(Cl)n1-c1ncccc1Cl. The zero-order valence-electron chi connectivity index (χ0n) is 17.0. The number of halogens is 4. The van der Waals surface area contributed by atoms with E-state index in [0.717, 1.165) is 7.11 Å². The number of amides is 3. The van der Waals surface area contributed by atoms with Crippen LogP contribution in [-0.2, 0) is 4.74 Å². The summed E-state index contributed by atoms with van der Waals surface area (Å²) in [7, 11) is 1.13. The Morgan fingerprint density at radius 3 is 2.39 bits per heavy atom. The minimum atomic E-state index is -0.887. The van der Waals surface area contributed by atoms with E-state index in [9.17, 15) is 14.4 Å². The Balaban J connectivity index is 2.01. The summed E-state index contributed by atoms with van der Waals surface area (Å²) in [6.45, 7) is 1.64. The van der Waals surface area contributed by atoms with E-state index in [2.05, 4.69) is 25.9 Å². The van der Waals surface area contributed by atoms with Crippen LogP contribution in [-0.4, -0.2) is 34.6 Å². The number of ether oxygens (including phenoxy) is 1. The minimum Gasteiger partial charge on any atom is -0.452 e. The van der Waals surface area contributed by atoms with Crippen LogP contribution in [0.1, 0.15) is 26.4 Å². The van der Waals surface area contributed by atoms with E-state index in [0.29, 0.717) is 5.56 Å². The molecule has 0 spiro atoms. The third-order valence-electron chi connectivity index (χ3n) is 4.33. The maximum Gasteiger partial charge on any atom is 0.425 e. The van der Waals surface area contributed by atoms with Crippen LogP contribution in [0.2, 0.25) is 20.2 Å². The second-order valence-electron chi connectivity index (χ2n) is 6.48. The van der Waals surface area contributed by atoms with Crippen molar-refractivity contribution in [3.05, 3.63) is 73.6 Å². The highest BCUT2D eigenvalue weighted by molar-refractivity contribution is 6.42. The van der Waals surface area contributed by atoms with Gasteiger partial charge in [-0.2, -0.15) is 0 Å². The molecule has 13 heteroatoms. The summed E-state index contributed by atoms with van der Waals surface area (Å²) >= 11 is 24.8. The number of hydrazine groups is 1. The molecule has 172 valence electrons. The molecule has 2 aromatic heterocycles. The standard InChI is InChI=1S/C20H15Cl4N5O4/c1-9-6-10(21)7-11(18(30)27-28-20(32)33-2)15(9)26-19(31)14-8-13(23)16(24)29(14)17-12(22)4-3-5-25-17/h3-8H,1-2H3,(H,26,31)(H,27,30)(H,28,32). The van der Waals surface area contributed by atoms with Crippen LogP contribution >= 0.6 is 46.4 Å². The van der Waals surface area contributed by atoms with Gasteiger partial charge in [0.15, 0.2) is 5.82 Å². The fraction of sp³-hybridized carbons (Fsp3) is 0.100. The van der Waals surface area contributed by atoms with E-state index in [4.69, 9.17) is 46.4 Å². The van der Waals surface area contributed by atoms with E-state index >= 15 is 0 Å². The first-order valence-electron chi connectivity index (χ1n) is 9.07. The fourth-order valence-corrected chi connectivity index (χ4v) is 3.76. The number of hydrogen-bond acceptors (Lipinski definition) is 5. The molecule has 0 aliphatic heterocycles. The number of nitrogens with one attached hydrogen (secondary N) is 3. The first-order valence-corrected chi connectivity index (χ1v) is 10.6. The highest BCUT2D eigenvalue weighted by atomic mass is 35.5. The molecular weight excluding hydrogens is 516 g/mol. The summed E-state index contributed by atoms with van der Waals surface area (Å²) in [4.78, 5) is 41.3. The molecule has 1 aromatic carbocycles. The van der Waals surface area contributed by atoms with Crippen molar-refractivity contribution in [1.29, 1.82) is 0 Å². The third kappa shape index (κ3) is 5.33. The number of rotatable bonds is 4. The molecule has 3 aromatic rings. The molecule has 0 aliphatic carbocycles. The van der Waals surface area contributed by atoms with Gasteiger partial charge in [0.05, 0.1) is 28.4 Å². The van der Waals surface area contributed by atoms with Crippen LogP contribution in [0.5, 0.6) is 0 Å². The summed E-state index contributed by atoms with van der Waals surface area (Å²) in [5.41, 5.74) is 4.83. The lowest BCUT2D eigenvalue weighted by Gasteiger charge is -2.16. The fourth-order valence-electron chi connectivity index (χ4n) is 2.86. The molecule has 0 unspecified atom stereocenters. The molecule has 0 saturated carbocycles. The van der Waals surface area contributed by atoms with Crippen LogP contribution in [0.4, 0.5) is 10.5 Å². The first kappa shape index (κ1) is 24.7. The number of aromatic nitrogens is 2. The highest BCUT2D eigenvalue weighted by Crippen LogP contribution is 2.33. The zero-order valence-corrected chi connectivity index (χ0v) is 20.0. The summed E-state index contributed by atoms with van der Waals surface area (Å²) in [6, 6.07) is 7.42. The Morgan fingerprint density at radius 1 is 1.00 bits per heavy atom. The number of carbonyl (C=O) groups is 3. The molecule has 0 atom stereocenters. The molecule has 3 rings (SSSR count). The van der Waals surface area contributed by atoms with Crippen LogP contribution in [0, 0.1) is 6.92 Å². The largest absolute Gasteiger partial charge is 0.452 e. The third-order valence-corrected chi connectivity index (χ3v) is 5.60. The van der Waals surface area contributed by atoms with Crippen LogP contribution in [0.25, 0.3) is 5.82 Å². The summed E-state index contributed by atoms with van der Waals surface area (Å²) in [5, 5.41) is 3.25. The highest BCUT2D eigenvalue weighted by Gasteiger charge is 2.24. The molecule has 0 radical (unpaired) electrons. The molecule has 0 bridgehead atoms. The van der Waals surface area contributed by atoms with Crippen molar-refractivity contribution in [3.8, 4) is 5.82 Å². The number of benzene rings is 1. The Bertz CT molecular complexity index is 1260. The summed E-state index contributed by atoms with van der Waals surface area (Å²) in [5.74, 6) is -1.22. The predicted octanol–water partition coefficient (Wildman–Crippen LogP) is 5.05. The quantitative estimate of drug-likeness (QED) is 0.408. The number of anilines is 1. The molecule has 0 fully saturated rings. The maximum atomic E-state index is 13.2. The number of nitrogens with zero attached hydrogens (tertiary/aromatic N) is 2. The van der Waals surface area contributed by atoms with Crippen molar-refractivity contribution in [1.82, 2.24) is 20.4 Å². The number of methoxy groups -OCH3 is 1. The average Bonchev–Trinajstić information content (AvgIpc) is 3.08. The van der Waals surface area contributed by atoms with Gasteiger partial charge < -0.3 is 10.1 Å². The molecule has 0 aliphatic rings. The van der Waals surface area contributed by atoms with Gasteiger partial charge in [-0.05, 0) is 42.8 Å². The van der Waals surface area contributed by atoms with Crippen molar-refractivity contribution in [2.75, 3.05) is 12.4 Å². The number of pyridine rings is 1. The minimum absolute atomic E-state index is 0.0130. The number of hydrogen-bond donors (Lipinski definition) is 3. The second-order valence-corrected chi connectivity index (χ2v) is 8.09. The maximum absolute atomic E-state index is 13.2. The first-order chi connectivity index (χ1) is 15.6. The van der Waals surface area contributed by atoms with Crippen LogP contribution in [0.15, 0.2) is 36.5 Å². The lowest BCUT2D eigenvalue weighted by Crippen LogP contribution is -2.41. The Hall–Kier alpha value is -2.98. The van der Waals surface area contributed by atoms with Crippen molar-refractivity contribution in [2.24, 2.45) is 0 Å². The predicted molar refractivity (Wildman–Crippen MR) is 126 cm³/mol. The van der Waals surface area contributed by atoms with Crippen molar-refractivity contribution in [2.45, 2.75) is 6.92 Å². The molecular formula is C20H15Cl4N5O4. The van der Waals surface area contributed by atoms with Crippen molar-refractivity contribution < 1.29 is 19.1 Å². The smallest absolute Gasteiger partial charge is 0.425 e. The van der Waals surface area contributed by atoms with E-state index in [1.165, 1.54) is 22.9 Å². The molecule has 0 saturated heterocycles.